The van der Waals surface area contributed by atoms with E-state index in [0.29, 0.717) is 35.9 Å². The monoisotopic (exact) mass is 429 g/mol. The summed E-state index contributed by atoms with van der Waals surface area (Å²) >= 11 is 6.30. The zero-order valence-electron chi connectivity index (χ0n) is 16.7. The second-order valence-electron chi connectivity index (χ2n) is 7.79. The van der Waals surface area contributed by atoms with Crippen molar-refractivity contribution in [3.8, 4) is 5.75 Å². The minimum absolute atomic E-state index is 0.0711. The van der Waals surface area contributed by atoms with Crippen LogP contribution < -0.4 is 10.1 Å². The second kappa shape index (κ2) is 7.21. The molecule has 0 radical (unpaired) electrons. The second-order valence-corrected chi connectivity index (χ2v) is 8.17. The smallest absolute Gasteiger partial charge is 0.258 e. The minimum atomic E-state index is -0.429. The van der Waals surface area contributed by atoms with Crippen LogP contribution in [-0.2, 0) is 13.1 Å². The maximum atomic E-state index is 13.9. The molecule has 5 rings (SSSR count). The molecule has 156 valence electrons. The number of hydrogen-bond acceptors (Lipinski definition) is 5. The summed E-state index contributed by atoms with van der Waals surface area (Å²) in [6.07, 6.45) is 0.752. The van der Waals surface area contributed by atoms with E-state index in [1.54, 1.807) is 9.42 Å². The number of carbonyl (C=O) groups is 1. The predicted molar refractivity (Wildman–Crippen MR) is 109 cm³/mol. The fraction of sp³-hybridized carbons (Fsp3) is 0.381. The molecule has 7 nitrogen and oxygen atoms in total. The maximum Gasteiger partial charge on any atom is 0.258 e. The van der Waals surface area contributed by atoms with E-state index in [1.165, 1.54) is 18.2 Å². The molecule has 0 saturated carbocycles. The fourth-order valence-electron chi connectivity index (χ4n) is 4.11. The van der Waals surface area contributed by atoms with Crippen molar-refractivity contribution in [2.24, 2.45) is 0 Å². The molecule has 1 saturated heterocycles. The van der Waals surface area contributed by atoms with Crippen molar-refractivity contribution >= 4 is 23.2 Å². The van der Waals surface area contributed by atoms with Gasteiger partial charge in [0, 0.05) is 18.2 Å². The Labute approximate surface area is 177 Å². The highest BCUT2D eigenvalue weighted by Crippen LogP contribution is 2.32. The molecular formula is C21H21ClFN5O2. The molecule has 0 aliphatic carbocycles. The molecule has 0 bridgehead atoms. The highest BCUT2D eigenvalue weighted by atomic mass is 35.5. The summed E-state index contributed by atoms with van der Waals surface area (Å²) in [5, 5.41) is 8.41. The molecule has 1 fully saturated rings. The number of amides is 1. The summed E-state index contributed by atoms with van der Waals surface area (Å²) in [6.45, 7) is 6.02. The SMILES string of the molecule is Cc1nc2c3c(nn2c(C)c1Cl)CN(C(=O)c1ccc(F)cc1OC1CCNC1)C3. The summed E-state index contributed by atoms with van der Waals surface area (Å²) in [6, 6.07) is 4.06. The van der Waals surface area contributed by atoms with E-state index in [9.17, 15) is 9.18 Å². The highest BCUT2D eigenvalue weighted by Gasteiger charge is 2.32. The van der Waals surface area contributed by atoms with Gasteiger partial charge in [-0.3, -0.25) is 4.79 Å². The van der Waals surface area contributed by atoms with E-state index in [4.69, 9.17) is 16.3 Å². The number of rotatable bonds is 3. The molecule has 4 heterocycles. The van der Waals surface area contributed by atoms with Crippen molar-refractivity contribution < 1.29 is 13.9 Å². The summed E-state index contributed by atoms with van der Waals surface area (Å²) in [4.78, 5) is 19.5. The lowest BCUT2D eigenvalue weighted by molar-refractivity contribution is 0.0742. The van der Waals surface area contributed by atoms with Crippen molar-refractivity contribution in [2.75, 3.05) is 13.1 Å². The first-order valence-corrected chi connectivity index (χ1v) is 10.3. The Hall–Kier alpha value is -2.71. The number of halogens is 2. The first kappa shape index (κ1) is 19.3. The van der Waals surface area contributed by atoms with Crippen LogP contribution in [-0.4, -0.2) is 44.6 Å². The Balaban J connectivity index is 1.45. The molecule has 1 aromatic carbocycles. The quantitative estimate of drug-likeness (QED) is 0.693. The fourth-order valence-corrected chi connectivity index (χ4v) is 4.23. The van der Waals surface area contributed by atoms with Gasteiger partial charge in [-0.15, -0.1) is 0 Å². The zero-order chi connectivity index (χ0) is 21.0. The van der Waals surface area contributed by atoms with Gasteiger partial charge in [0.15, 0.2) is 5.65 Å². The van der Waals surface area contributed by atoms with Gasteiger partial charge in [0.1, 0.15) is 17.7 Å². The van der Waals surface area contributed by atoms with Crippen molar-refractivity contribution in [3.05, 3.63) is 57.2 Å². The number of ether oxygens (including phenoxy) is 1. The van der Waals surface area contributed by atoms with Crippen molar-refractivity contribution in [2.45, 2.75) is 39.5 Å². The third-order valence-electron chi connectivity index (χ3n) is 5.73. The average Bonchev–Trinajstić information content (AvgIpc) is 3.43. The summed E-state index contributed by atoms with van der Waals surface area (Å²) < 4.78 is 21.5. The van der Waals surface area contributed by atoms with E-state index >= 15 is 0 Å². The third-order valence-corrected chi connectivity index (χ3v) is 6.27. The molecule has 0 spiro atoms. The molecule has 1 unspecified atom stereocenters. The van der Waals surface area contributed by atoms with Gasteiger partial charge < -0.3 is 15.0 Å². The molecule has 1 N–H and O–H groups in total. The van der Waals surface area contributed by atoms with Crippen molar-refractivity contribution in [1.82, 2.24) is 24.8 Å². The van der Waals surface area contributed by atoms with Gasteiger partial charge >= 0.3 is 0 Å². The number of aryl methyl sites for hydroxylation is 2. The normalized spacial score (nSPS) is 18.3. The predicted octanol–water partition coefficient (Wildman–Crippen LogP) is 3.04. The van der Waals surface area contributed by atoms with E-state index in [0.717, 1.165) is 35.6 Å². The molecule has 9 heteroatoms. The Kier molecular flexibility index (Phi) is 4.63. The van der Waals surface area contributed by atoms with Crippen molar-refractivity contribution in [3.63, 3.8) is 0 Å². The molecule has 1 amide bonds. The number of hydrogen-bond donors (Lipinski definition) is 1. The number of fused-ring (bicyclic) bond motifs is 3. The first-order valence-electron chi connectivity index (χ1n) is 9.91. The number of aromatic nitrogens is 3. The van der Waals surface area contributed by atoms with Gasteiger partial charge in [-0.05, 0) is 38.9 Å². The lowest BCUT2D eigenvalue weighted by Crippen LogP contribution is -2.28. The molecular weight excluding hydrogens is 409 g/mol. The lowest BCUT2D eigenvalue weighted by Gasteiger charge is -2.20. The van der Waals surface area contributed by atoms with Gasteiger partial charge in [0.25, 0.3) is 5.91 Å². The van der Waals surface area contributed by atoms with Gasteiger partial charge in [0.2, 0.25) is 0 Å². The van der Waals surface area contributed by atoms with Gasteiger partial charge in [0.05, 0.1) is 40.8 Å². The van der Waals surface area contributed by atoms with Crippen molar-refractivity contribution in [1.29, 1.82) is 0 Å². The lowest BCUT2D eigenvalue weighted by atomic mass is 10.1. The first-order chi connectivity index (χ1) is 14.4. The van der Waals surface area contributed by atoms with Crippen LogP contribution in [0.2, 0.25) is 5.02 Å². The molecule has 2 aliphatic rings. The number of benzene rings is 1. The average molecular weight is 430 g/mol. The zero-order valence-corrected chi connectivity index (χ0v) is 17.5. The van der Waals surface area contributed by atoms with Crippen LogP contribution in [0, 0.1) is 19.7 Å². The molecule has 3 aromatic rings. The largest absolute Gasteiger partial charge is 0.488 e. The van der Waals surface area contributed by atoms with Crippen LogP contribution in [0.25, 0.3) is 5.65 Å². The molecule has 30 heavy (non-hydrogen) atoms. The van der Waals surface area contributed by atoms with Crippen LogP contribution in [0.4, 0.5) is 4.39 Å². The third kappa shape index (κ3) is 3.11. The Morgan fingerprint density at radius 1 is 1.33 bits per heavy atom. The number of carbonyl (C=O) groups excluding carboxylic acids is 1. The van der Waals surface area contributed by atoms with E-state index in [-0.39, 0.29) is 17.8 Å². The van der Waals surface area contributed by atoms with Crippen LogP contribution in [0.5, 0.6) is 5.75 Å². The maximum absolute atomic E-state index is 13.9. The molecule has 2 aromatic heterocycles. The van der Waals surface area contributed by atoms with Crippen LogP contribution in [0.3, 0.4) is 0 Å². The van der Waals surface area contributed by atoms with E-state index < -0.39 is 5.82 Å². The van der Waals surface area contributed by atoms with Crippen LogP contribution in [0.1, 0.15) is 39.4 Å². The Bertz CT molecular complexity index is 1170. The van der Waals surface area contributed by atoms with Crippen LogP contribution in [0.15, 0.2) is 18.2 Å². The van der Waals surface area contributed by atoms with Gasteiger partial charge in [-0.1, -0.05) is 11.6 Å². The summed E-state index contributed by atoms with van der Waals surface area (Å²) in [7, 11) is 0. The summed E-state index contributed by atoms with van der Waals surface area (Å²) in [5.74, 6) is -0.361. The van der Waals surface area contributed by atoms with Gasteiger partial charge in [-0.25, -0.2) is 13.9 Å². The summed E-state index contributed by atoms with van der Waals surface area (Å²) in [5.41, 5.74) is 4.33. The molecule has 2 aliphatic heterocycles. The van der Waals surface area contributed by atoms with Crippen LogP contribution >= 0.6 is 11.6 Å². The number of nitrogens with one attached hydrogen (secondary N) is 1. The number of nitrogens with zero attached hydrogens (tertiary/aromatic N) is 4. The molecule has 1 atom stereocenters. The highest BCUT2D eigenvalue weighted by molar-refractivity contribution is 6.31. The Morgan fingerprint density at radius 2 is 2.17 bits per heavy atom. The minimum Gasteiger partial charge on any atom is -0.488 e. The Morgan fingerprint density at radius 3 is 2.93 bits per heavy atom. The van der Waals surface area contributed by atoms with E-state index in [2.05, 4.69) is 15.4 Å². The topological polar surface area (TPSA) is 71.8 Å². The standard InChI is InChI=1S/C21H21ClFN5O2/c1-11-19(22)12(2)28-20(25-11)16-9-27(10-17(16)26-28)21(29)15-4-3-13(23)7-18(15)30-14-5-6-24-8-14/h3-4,7,14,24H,5-6,8-10H2,1-2H3. The van der Waals surface area contributed by atoms with E-state index in [1.807, 2.05) is 13.8 Å². The van der Waals surface area contributed by atoms with Gasteiger partial charge in [-0.2, -0.15) is 5.10 Å².